The molecule has 0 bridgehead atoms. The van der Waals surface area contributed by atoms with Gasteiger partial charge in [-0.3, -0.25) is 4.52 Å². The third-order valence-corrected chi connectivity index (χ3v) is 1.73. The number of aliphatic hydroxyl groups is 1. The zero-order valence-corrected chi connectivity index (χ0v) is 8.33. The maximum Gasteiger partial charge on any atom is 0.469 e. The standard InChI is InChI=1S/C6H10F3O5P/c7-6(8,9)3-5(4-10)1-2-14-15(11,12)13/h1,10H,2-4H2,(H2,11,12,13)/b5-1+. The van der Waals surface area contributed by atoms with Gasteiger partial charge in [-0.2, -0.15) is 13.2 Å². The van der Waals surface area contributed by atoms with Crippen LogP contribution in [0, 0.1) is 0 Å². The molecule has 0 fully saturated rings. The van der Waals surface area contributed by atoms with Crippen LogP contribution in [0.5, 0.6) is 0 Å². The average molecular weight is 250 g/mol. The van der Waals surface area contributed by atoms with Gasteiger partial charge in [-0.15, -0.1) is 0 Å². The Hall–Kier alpha value is -0.400. The molecule has 0 aromatic rings. The molecule has 0 saturated carbocycles. The van der Waals surface area contributed by atoms with E-state index in [9.17, 15) is 17.7 Å². The largest absolute Gasteiger partial charge is 0.469 e. The Morgan fingerprint density at radius 1 is 1.40 bits per heavy atom. The normalized spacial score (nSPS) is 14.4. The maximum atomic E-state index is 11.8. The highest BCUT2D eigenvalue weighted by Gasteiger charge is 2.28. The molecule has 0 atom stereocenters. The molecule has 0 rings (SSSR count). The van der Waals surface area contributed by atoms with Crippen LogP contribution in [0.15, 0.2) is 11.6 Å². The van der Waals surface area contributed by atoms with Crippen molar-refractivity contribution in [1.82, 2.24) is 0 Å². The van der Waals surface area contributed by atoms with E-state index in [1.54, 1.807) is 0 Å². The molecule has 3 N–H and O–H groups in total. The van der Waals surface area contributed by atoms with Gasteiger partial charge >= 0.3 is 14.0 Å². The summed E-state index contributed by atoms with van der Waals surface area (Å²) < 4.78 is 49.5. The average Bonchev–Trinajstić information content (AvgIpc) is 1.97. The second-order valence-corrected chi connectivity index (χ2v) is 3.84. The van der Waals surface area contributed by atoms with Crippen LogP contribution in [-0.4, -0.2) is 34.3 Å². The molecule has 0 saturated heterocycles. The summed E-state index contributed by atoms with van der Waals surface area (Å²) in [6.45, 7) is -1.53. The van der Waals surface area contributed by atoms with E-state index in [-0.39, 0.29) is 0 Å². The smallest absolute Gasteiger partial charge is 0.392 e. The van der Waals surface area contributed by atoms with Crippen molar-refractivity contribution in [1.29, 1.82) is 0 Å². The van der Waals surface area contributed by atoms with Crippen molar-refractivity contribution in [3.8, 4) is 0 Å². The Balaban J connectivity index is 4.18. The molecule has 0 spiro atoms. The number of phosphoric ester groups is 1. The maximum absolute atomic E-state index is 11.8. The predicted molar refractivity (Wildman–Crippen MR) is 43.8 cm³/mol. The molecule has 0 heterocycles. The van der Waals surface area contributed by atoms with Crippen molar-refractivity contribution >= 4 is 7.82 Å². The van der Waals surface area contributed by atoms with Crippen LogP contribution in [0.25, 0.3) is 0 Å². The molecule has 90 valence electrons. The zero-order chi connectivity index (χ0) is 12.1. The van der Waals surface area contributed by atoms with Crippen LogP contribution in [0.1, 0.15) is 6.42 Å². The molecule has 0 amide bonds. The number of hydrogen-bond acceptors (Lipinski definition) is 3. The SMILES string of the molecule is O=P(O)(O)OC/C=C(/CO)CC(F)(F)F. The highest BCUT2D eigenvalue weighted by molar-refractivity contribution is 7.46. The van der Waals surface area contributed by atoms with Crippen LogP contribution in [0.2, 0.25) is 0 Å². The Kier molecular flexibility index (Phi) is 5.47. The van der Waals surface area contributed by atoms with E-state index in [1.807, 2.05) is 0 Å². The zero-order valence-electron chi connectivity index (χ0n) is 7.44. The van der Waals surface area contributed by atoms with Gasteiger partial charge < -0.3 is 14.9 Å². The van der Waals surface area contributed by atoms with Gasteiger partial charge in [0.2, 0.25) is 0 Å². The molecule has 5 nitrogen and oxygen atoms in total. The number of rotatable bonds is 5. The molecule has 15 heavy (non-hydrogen) atoms. The minimum Gasteiger partial charge on any atom is -0.392 e. The Labute approximate surface area is 83.4 Å². The molecule has 0 aromatic heterocycles. The first-order chi connectivity index (χ1) is 6.64. The molecule has 0 aromatic carbocycles. The van der Waals surface area contributed by atoms with Gasteiger partial charge in [-0.1, -0.05) is 6.08 Å². The first-order valence-electron chi connectivity index (χ1n) is 3.69. The lowest BCUT2D eigenvalue weighted by atomic mass is 10.2. The lowest BCUT2D eigenvalue weighted by molar-refractivity contribution is -0.128. The van der Waals surface area contributed by atoms with E-state index in [0.29, 0.717) is 0 Å². The lowest BCUT2D eigenvalue weighted by Gasteiger charge is -2.08. The van der Waals surface area contributed by atoms with Gasteiger partial charge in [0.25, 0.3) is 0 Å². The molecular formula is C6H10F3O5P. The van der Waals surface area contributed by atoms with Gasteiger partial charge in [0.05, 0.1) is 19.6 Å². The fourth-order valence-electron chi connectivity index (χ4n) is 0.702. The summed E-state index contributed by atoms with van der Waals surface area (Å²) in [5, 5.41) is 8.50. The number of phosphoric acid groups is 1. The molecule has 0 radical (unpaired) electrons. The van der Waals surface area contributed by atoms with Crippen LogP contribution in [0.3, 0.4) is 0 Å². The monoisotopic (exact) mass is 250 g/mol. The van der Waals surface area contributed by atoms with Crippen molar-refractivity contribution in [2.45, 2.75) is 12.6 Å². The number of halogens is 3. The summed E-state index contributed by atoms with van der Waals surface area (Å²) in [4.78, 5) is 16.4. The Morgan fingerprint density at radius 3 is 2.27 bits per heavy atom. The van der Waals surface area contributed by atoms with Crippen LogP contribution >= 0.6 is 7.82 Å². The summed E-state index contributed by atoms with van der Waals surface area (Å²) in [5.74, 6) is 0. The van der Waals surface area contributed by atoms with Gasteiger partial charge in [0.15, 0.2) is 0 Å². The highest BCUT2D eigenvalue weighted by Crippen LogP contribution is 2.35. The number of alkyl halides is 3. The fraction of sp³-hybridized carbons (Fsp3) is 0.667. The summed E-state index contributed by atoms with van der Waals surface area (Å²) in [7, 11) is -4.69. The van der Waals surface area contributed by atoms with Gasteiger partial charge in [-0.25, -0.2) is 4.57 Å². The molecule has 0 aliphatic rings. The number of hydrogen-bond donors (Lipinski definition) is 3. The molecule has 0 aliphatic heterocycles. The topological polar surface area (TPSA) is 87.0 Å². The Morgan fingerprint density at radius 2 is 1.93 bits per heavy atom. The van der Waals surface area contributed by atoms with E-state index in [1.165, 1.54) is 0 Å². The van der Waals surface area contributed by atoms with Crippen LogP contribution < -0.4 is 0 Å². The van der Waals surface area contributed by atoms with E-state index in [4.69, 9.17) is 14.9 Å². The Bertz CT molecular complexity index is 268. The highest BCUT2D eigenvalue weighted by atomic mass is 31.2. The fourth-order valence-corrected chi connectivity index (χ4v) is 0.971. The molecular weight excluding hydrogens is 240 g/mol. The summed E-state index contributed by atoms with van der Waals surface area (Å²) >= 11 is 0. The predicted octanol–water partition coefficient (Wildman–Crippen LogP) is 0.967. The second-order valence-electron chi connectivity index (χ2n) is 2.60. The quantitative estimate of drug-likeness (QED) is 0.499. The second kappa shape index (κ2) is 5.62. The summed E-state index contributed by atoms with van der Waals surface area (Å²) in [6, 6.07) is 0. The van der Waals surface area contributed by atoms with Gasteiger partial charge in [0.1, 0.15) is 0 Å². The third-order valence-electron chi connectivity index (χ3n) is 1.25. The van der Waals surface area contributed by atoms with E-state index in [0.717, 1.165) is 6.08 Å². The van der Waals surface area contributed by atoms with Crippen molar-refractivity contribution in [2.24, 2.45) is 0 Å². The lowest BCUT2D eigenvalue weighted by Crippen LogP contribution is -2.11. The van der Waals surface area contributed by atoms with Crippen molar-refractivity contribution in [2.75, 3.05) is 13.2 Å². The van der Waals surface area contributed by atoms with E-state index < -0.39 is 39.2 Å². The van der Waals surface area contributed by atoms with Crippen molar-refractivity contribution in [3.63, 3.8) is 0 Å². The molecule has 0 aliphatic carbocycles. The summed E-state index contributed by atoms with van der Waals surface area (Å²) in [5.41, 5.74) is -0.407. The minimum absolute atomic E-state index is 0.407. The molecule has 9 heteroatoms. The van der Waals surface area contributed by atoms with E-state index in [2.05, 4.69) is 4.52 Å². The molecule has 0 unspecified atom stereocenters. The van der Waals surface area contributed by atoms with Gasteiger partial charge in [0, 0.05) is 0 Å². The summed E-state index contributed by atoms with van der Waals surface area (Å²) in [6.07, 6.45) is -5.03. The first-order valence-corrected chi connectivity index (χ1v) is 5.22. The minimum atomic E-state index is -4.69. The van der Waals surface area contributed by atoms with Crippen molar-refractivity contribution in [3.05, 3.63) is 11.6 Å². The van der Waals surface area contributed by atoms with Crippen LogP contribution in [0.4, 0.5) is 13.2 Å². The van der Waals surface area contributed by atoms with Crippen molar-refractivity contribution < 1.29 is 37.2 Å². The number of aliphatic hydroxyl groups excluding tert-OH is 1. The van der Waals surface area contributed by atoms with E-state index >= 15 is 0 Å². The van der Waals surface area contributed by atoms with Crippen LogP contribution in [-0.2, 0) is 9.09 Å². The van der Waals surface area contributed by atoms with Gasteiger partial charge in [-0.05, 0) is 5.57 Å². The first kappa shape index (κ1) is 14.6. The third kappa shape index (κ3) is 9.89.